The summed E-state index contributed by atoms with van der Waals surface area (Å²) >= 11 is 1.39. The molecule has 2 aromatic heterocycles. The van der Waals surface area contributed by atoms with Gasteiger partial charge in [0.25, 0.3) is 0 Å². The molecule has 31 heavy (non-hydrogen) atoms. The van der Waals surface area contributed by atoms with Crippen molar-refractivity contribution in [3.05, 3.63) is 47.4 Å². The Labute approximate surface area is 187 Å². The summed E-state index contributed by atoms with van der Waals surface area (Å²) in [6, 6.07) is 8.45. The summed E-state index contributed by atoms with van der Waals surface area (Å²) in [5, 5.41) is 14.2. The predicted octanol–water partition coefficient (Wildman–Crippen LogP) is 4.87. The van der Waals surface area contributed by atoms with Crippen molar-refractivity contribution >= 4 is 17.5 Å². The summed E-state index contributed by atoms with van der Waals surface area (Å²) in [5.74, 6) is 0.922. The van der Waals surface area contributed by atoms with Crippen LogP contribution in [-0.4, -0.2) is 36.1 Å². The second kappa shape index (κ2) is 8.57. The smallest absolute Gasteiger partial charge is 0.191 e. The minimum Gasteiger partial charge on any atom is -0.304 e. The van der Waals surface area contributed by atoms with Crippen LogP contribution in [0.15, 0.2) is 35.5 Å². The van der Waals surface area contributed by atoms with Gasteiger partial charge in [0, 0.05) is 17.9 Å². The molecular weight excluding hydrogens is 413 g/mol. The van der Waals surface area contributed by atoms with E-state index in [1.165, 1.54) is 23.9 Å². The number of halogens is 1. The van der Waals surface area contributed by atoms with Gasteiger partial charge >= 0.3 is 0 Å². The van der Waals surface area contributed by atoms with E-state index in [2.05, 4.69) is 31.0 Å². The standard InChI is InChI=1S/C23H30FN5OS/c1-22(2,3)18-12-17(29(27-18)13-15-8-10-16(24)11-9-15)20-25-26-21(28(20)7)31-14-19(30)23(4,5)6/h8-12H,13-14H2,1-7H3. The molecule has 0 saturated heterocycles. The summed E-state index contributed by atoms with van der Waals surface area (Å²) < 4.78 is 17.1. The van der Waals surface area contributed by atoms with Crippen molar-refractivity contribution in [2.24, 2.45) is 12.5 Å². The third-order valence-corrected chi connectivity index (χ3v) is 6.05. The Morgan fingerprint density at radius 1 is 1.06 bits per heavy atom. The van der Waals surface area contributed by atoms with E-state index in [0.29, 0.717) is 23.3 Å². The quantitative estimate of drug-likeness (QED) is 0.509. The fourth-order valence-electron chi connectivity index (χ4n) is 2.86. The first-order valence-electron chi connectivity index (χ1n) is 10.2. The van der Waals surface area contributed by atoms with E-state index >= 15 is 0 Å². The lowest BCUT2D eigenvalue weighted by atomic mass is 9.92. The van der Waals surface area contributed by atoms with Crippen LogP contribution in [0.3, 0.4) is 0 Å². The molecule has 2 heterocycles. The molecule has 0 unspecified atom stereocenters. The van der Waals surface area contributed by atoms with Gasteiger partial charge in [-0.05, 0) is 23.8 Å². The zero-order chi connectivity index (χ0) is 23.0. The fraction of sp³-hybridized carbons (Fsp3) is 0.478. The SMILES string of the molecule is Cn1c(SCC(=O)C(C)(C)C)nnc1-c1cc(C(C)(C)C)nn1Cc1ccc(F)cc1. The summed E-state index contributed by atoms with van der Waals surface area (Å²) in [6.07, 6.45) is 0. The van der Waals surface area contributed by atoms with E-state index < -0.39 is 0 Å². The average molecular weight is 444 g/mol. The third-order valence-electron chi connectivity index (χ3n) is 5.03. The largest absolute Gasteiger partial charge is 0.304 e. The van der Waals surface area contributed by atoms with E-state index in [1.54, 1.807) is 12.1 Å². The highest BCUT2D eigenvalue weighted by Gasteiger charge is 2.25. The van der Waals surface area contributed by atoms with Crippen LogP contribution in [0, 0.1) is 11.2 Å². The van der Waals surface area contributed by atoms with Gasteiger partial charge in [-0.15, -0.1) is 10.2 Å². The number of benzene rings is 1. The van der Waals surface area contributed by atoms with E-state index in [0.717, 1.165) is 17.0 Å². The lowest BCUT2D eigenvalue weighted by molar-refractivity contribution is -0.123. The summed E-state index contributed by atoms with van der Waals surface area (Å²) in [4.78, 5) is 12.3. The first-order chi connectivity index (χ1) is 14.4. The van der Waals surface area contributed by atoms with E-state index in [4.69, 9.17) is 5.10 Å². The number of rotatable bonds is 6. The Bertz CT molecular complexity index is 1070. The molecule has 0 fully saturated rings. The number of aromatic nitrogens is 5. The Balaban J connectivity index is 1.94. The van der Waals surface area contributed by atoms with Gasteiger partial charge in [0.15, 0.2) is 11.0 Å². The Morgan fingerprint density at radius 3 is 2.29 bits per heavy atom. The van der Waals surface area contributed by atoms with Crippen LogP contribution in [-0.2, 0) is 23.8 Å². The summed E-state index contributed by atoms with van der Waals surface area (Å²) in [5.41, 5.74) is 2.18. The highest BCUT2D eigenvalue weighted by Crippen LogP contribution is 2.29. The van der Waals surface area contributed by atoms with Gasteiger partial charge in [0.1, 0.15) is 17.3 Å². The number of thioether (sulfide) groups is 1. The Hall–Kier alpha value is -2.48. The van der Waals surface area contributed by atoms with Crippen molar-refractivity contribution < 1.29 is 9.18 Å². The number of carbonyl (C=O) groups is 1. The van der Waals surface area contributed by atoms with Crippen molar-refractivity contribution in [3.8, 4) is 11.5 Å². The molecular formula is C23H30FN5OS. The molecule has 0 radical (unpaired) electrons. The number of hydrogen-bond acceptors (Lipinski definition) is 5. The van der Waals surface area contributed by atoms with Gasteiger partial charge in [-0.1, -0.05) is 65.4 Å². The minimum atomic E-state index is -0.385. The van der Waals surface area contributed by atoms with Gasteiger partial charge in [0.2, 0.25) is 0 Å². The van der Waals surface area contributed by atoms with Crippen LogP contribution < -0.4 is 0 Å². The molecule has 6 nitrogen and oxygen atoms in total. The second-order valence-corrected chi connectivity index (χ2v) is 10.7. The predicted molar refractivity (Wildman–Crippen MR) is 122 cm³/mol. The third kappa shape index (κ3) is 5.42. The van der Waals surface area contributed by atoms with E-state index in [1.807, 2.05) is 43.1 Å². The number of ketones is 1. The lowest BCUT2D eigenvalue weighted by Crippen LogP contribution is -2.22. The second-order valence-electron chi connectivity index (χ2n) is 9.78. The van der Waals surface area contributed by atoms with Crippen LogP contribution in [0.2, 0.25) is 0 Å². The molecule has 0 spiro atoms. The molecule has 1 aromatic carbocycles. The van der Waals surface area contributed by atoms with E-state index in [-0.39, 0.29) is 22.4 Å². The van der Waals surface area contributed by atoms with Crippen molar-refractivity contribution in [1.82, 2.24) is 24.5 Å². The summed E-state index contributed by atoms with van der Waals surface area (Å²) in [6.45, 7) is 12.6. The van der Waals surface area contributed by atoms with Crippen molar-refractivity contribution in [2.45, 2.75) is 58.7 Å². The molecule has 8 heteroatoms. The molecule has 0 N–H and O–H groups in total. The Morgan fingerprint density at radius 2 is 1.71 bits per heavy atom. The maximum atomic E-state index is 13.3. The van der Waals surface area contributed by atoms with Crippen molar-refractivity contribution in [1.29, 1.82) is 0 Å². The highest BCUT2D eigenvalue weighted by atomic mass is 32.2. The monoisotopic (exact) mass is 443 g/mol. The van der Waals surface area contributed by atoms with Gasteiger partial charge in [-0.25, -0.2) is 4.39 Å². The van der Waals surface area contributed by atoms with E-state index in [9.17, 15) is 9.18 Å². The van der Waals surface area contributed by atoms with Crippen LogP contribution in [0.5, 0.6) is 0 Å². The average Bonchev–Trinajstić information content (AvgIpc) is 3.24. The minimum absolute atomic E-state index is 0.141. The zero-order valence-electron chi connectivity index (χ0n) is 19.2. The van der Waals surface area contributed by atoms with Crippen LogP contribution in [0.25, 0.3) is 11.5 Å². The number of nitrogens with zero attached hydrogens (tertiary/aromatic N) is 5. The Kier molecular flexibility index (Phi) is 6.41. The molecule has 0 aliphatic rings. The molecule has 0 atom stereocenters. The van der Waals surface area contributed by atoms with Gasteiger partial charge in [-0.2, -0.15) is 5.10 Å². The molecule has 166 valence electrons. The molecule has 0 amide bonds. The molecule has 3 rings (SSSR count). The molecule has 0 aliphatic heterocycles. The normalized spacial score (nSPS) is 12.4. The number of Topliss-reactive ketones (excluding diaryl/α,β-unsaturated/α-hetero) is 1. The van der Waals surface area contributed by atoms with Gasteiger partial charge in [0.05, 0.1) is 18.0 Å². The highest BCUT2D eigenvalue weighted by molar-refractivity contribution is 7.99. The maximum absolute atomic E-state index is 13.3. The van der Waals surface area contributed by atoms with Crippen molar-refractivity contribution in [2.75, 3.05) is 5.75 Å². The van der Waals surface area contributed by atoms with Gasteiger partial charge < -0.3 is 4.57 Å². The number of hydrogen-bond donors (Lipinski definition) is 0. The zero-order valence-corrected chi connectivity index (χ0v) is 20.0. The first kappa shape index (κ1) is 23.2. The maximum Gasteiger partial charge on any atom is 0.191 e. The first-order valence-corrected chi connectivity index (χ1v) is 11.2. The summed E-state index contributed by atoms with van der Waals surface area (Å²) in [7, 11) is 1.89. The fourth-order valence-corrected chi connectivity index (χ4v) is 3.93. The topological polar surface area (TPSA) is 65.6 Å². The number of carbonyl (C=O) groups excluding carboxylic acids is 1. The van der Waals surface area contributed by atoms with Crippen molar-refractivity contribution in [3.63, 3.8) is 0 Å². The van der Waals surface area contributed by atoms with Gasteiger partial charge in [-0.3, -0.25) is 9.48 Å². The molecule has 0 aliphatic carbocycles. The van der Waals surface area contributed by atoms with Crippen LogP contribution in [0.4, 0.5) is 4.39 Å². The van der Waals surface area contributed by atoms with Crippen LogP contribution in [0.1, 0.15) is 52.8 Å². The lowest BCUT2D eigenvalue weighted by Gasteiger charge is -2.15. The van der Waals surface area contributed by atoms with Crippen LogP contribution >= 0.6 is 11.8 Å². The molecule has 0 saturated carbocycles. The molecule has 3 aromatic rings. The molecule has 0 bridgehead atoms.